The van der Waals surface area contributed by atoms with Crippen LogP contribution in [0.2, 0.25) is 0 Å². The van der Waals surface area contributed by atoms with Gasteiger partial charge in [-0.1, -0.05) is 42.5 Å². The molecule has 1 aliphatic rings. The Morgan fingerprint density at radius 3 is 2.21 bits per heavy atom. The molecule has 2 atom stereocenters. The fourth-order valence-corrected chi connectivity index (χ4v) is 3.10. The summed E-state index contributed by atoms with van der Waals surface area (Å²) in [6.45, 7) is 1.91. The Morgan fingerprint density at radius 2 is 1.62 bits per heavy atom. The number of hydrogen-bond donors (Lipinski definition) is 2. The average Bonchev–Trinajstić information content (AvgIpc) is 2.70. The number of para-hydroxylation sites is 1. The van der Waals surface area contributed by atoms with Crippen LogP contribution >= 0.6 is 0 Å². The molecule has 1 fully saturated rings. The van der Waals surface area contributed by atoms with E-state index in [1.54, 1.807) is 12.1 Å². The van der Waals surface area contributed by atoms with Gasteiger partial charge in [-0.05, 0) is 31.2 Å². The fourth-order valence-electron chi connectivity index (χ4n) is 3.10. The van der Waals surface area contributed by atoms with Crippen molar-refractivity contribution in [3.8, 4) is 5.75 Å². The fraction of sp³-hybridized carbons (Fsp3) is 0.273. The second-order valence-corrected chi connectivity index (χ2v) is 6.66. The molecule has 2 aromatic rings. The van der Waals surface area contributed by atoms with Gasteiger partial charge >= 0.3 is 11.9 Å². The van der Waals surface area contributed by atoms with E-state index < -0.39 is 11.9 Å². The molecular formula is C22H24FNO5. The van der Waals surface area contributed by atoms with Crippen molar-refractivity contribution in [2.24, 2.45) is 0 Å². The first-order valence-corrected chi connectivity index (χ1v) is 9.15. The third-order valence-electron chi connectivity index (χ3n) is 4.46. The zero-order chi connectivity index (χ0) is 21.2. The van der Waals surface area contributed by atoms with Gasteiger partial charge in [-0.2, -0.15) is 0 Å². The zero-order valence-corrected chi connectivity index (χ0v) is 16.1. The molecule has 1 saturated heterocycles. The maximum Gasteiger partial charge on any atom is 0.328 e. The van der Waals surface area contributed by atoms with Gasteiger partial charge in [-0.25, -0.2) is 14.0 Å². The van der Waals surface area contributed by atoms with E-state index in [1.807, 2.05) is 24.3 Å². The predicted octanol–water partition coefficient (Wildman–Crippen LogP) is 3.40. The summed E-state index contributed by atoms with van der Waals surface area (Å²) in [6, 6.07) is 17.0. The van der Waals surface area contributed by atoms with E-state index in [0.29, 0.717) is 17.9 Å². The Balaban J connectivity index is 0.000000321. The second-order valence-electron chi connectivity index (χ2n) is 6.66. The standard InChI is InChI=1S/C18H20FNO.C4H4O4/c1-20-12-11-17(21-18-10-6-5-9-16(18)19)15(13-20)14-7-3-2-4-8-14;5-3(6)1-2-4(7)8/h2-10,15,17H,11-13H2,1H3;1-2H,(H,5,6)(H,7,8)/b;2-1+/t15-,17+;/m1./s1. The number of aliphatic carboxylic acids is 2. The number of rotatable bonds is 5. The van der Waals surface area contributed by atoms with E-state index >= 15 is 0 Å². The zero-order valence-electron chi connectivity index (χ0n) is 16.1. The van der Waals surface area contributed by atoms with Gasteiger partial charge in [0.1, 0.15) is 6.10 Å². The van der Waals surface area contributed by atoms with Gasteiger partial charge in [0.25, 0.3) is 0 Å². The van der Waals surface area contributed by atoms with E-state index in [0.717, 1.165) is 19.5 Å². The SMILES string of the molecule is CN1CC[C@H](Oc2ccccc2F)[C@@H](c2ccccc2)C1.O=C(O)/C=C/C(=O)O. The van der Waals surface area contributed by atoms with Crippen molar-refractivity contribution in [1.29, 1.82) is 0 Å². The largest absolute Gasteiger partial charge is 0.487 e. The van der Waals surface area contributed by atoms with Gasteiger partial charge in [0.05, 0.1) is 0 Å². The van der Waals surface area contributed by atoms with Gasteiger partial charge in [-0.3, -0.25) is 0 Å². The summed E-state index contributed by atoms with van der Waals surface area (Å²) in [5.41, 5.74) is 1.25. The van der Waals surface area contributed by atoms with Crippen molar-refractivity contribution in [3.63, 3.8) is 0 Å². The van der Waals surface area contributed by atoms with Crippen LogP contribution < -0.4 is 4.74 Å². The summed E-state index contributed by atoms with van der Waals surface area (Å²) in [5.74, 6) is -2.18. The Bertz CT molecular complexity index is 824. The number of carboxylic acid groups (broad SMARTS) is 2. The number of hydrogen-bond acceptors (Lipinski definition) is 4. The van der Waals surface area contributed by atoms with Crippen molar-refractivity contribution in [1.82, 2.24) is 4.90 Å². The van der Waals surface area contributed by atoms with E-state index in [4.69, 9.17) is 14.9 Å². The molecule has 154 valence electrons. The molecule has 0 unspecified atom stereocenters. The van der Waals surface area contributed by atoms with Crippen molar-refractivity contribution < 1.29 is 28.9 Å². The third-order valence-corrected chi connectivity index (χ3v) is 4.46. The maximum atomic E-state index is 13.8. The van der Waals surface area contributed by atoms with Crippen molar-refractivity contribution in [3.05, 3.63) is 78.1 Å². The van der Waals surface area contributed by atoms with Crippen molar-refractivity contribution in [2.45, 2.75) is 18.4 Å². The minimum absolute atomic E-state index is 0.0144. The van der Waals surface area contributed by atoms with Crippen LogP contribution in [0.4, 0.5) is 4.39 Å². The van der Waals surface area contributed by atoms with Crippen LogP contribution in [0.1, 0.15) is 17.9 Å². The summed E-state index contributed by atoms with van der Waals surface area (Å²) >= 11 is 0. The first-order valence-electron chi connectivity index (χ1n) is 9.15. The van der Waals surface area contributed by atoms with Crippen LogP contribution in [0.15, 0.2) is 66.7 Å². The Hall–Kier alpha value is -3.19. The van der Waals surface area contributed by atoms with Crippen LogP contribution in [-0.2, 0) is 9.59 Å². The van der Waals surface area contributed by atoms with E-state index in [2.05, 4.69) is 24.1 Å². The quantitative estimate of drug-likeness (QED) is 0.747. The van der Waals surface area contributed by atoms with Crippen LogP contribution in [0, 0.1) is 5.82 Å². The minimum atomic E-state index is -1.26. The number of halogens is 1. The normalized spacial score (nSPS) is 19.2. The first-order chi connectivity index (χ1) is 13.9. The summed E-state index contributed by atoms with van der Waals surface area (Å²) in [5, 5.41) is 15.6. The number of nitrogens with zero attached hydrogens (tertiary/aromatic N) is 1. The van der Waals surface area contributed by atoms with E-state index in [9.17, 15) is 14.0 Å². The highest BCUT2D eigenvalue weighted by Gasteiger charge is 2.31. The molecule has 0 bridgehead atoms. The van der Waals surface area contributed by atoms with Crippen LogP contribution in [0.3, 0.4) is 0 Å². The molecular weight excluding hydrogens is 377 g/mol. The van der Waals surface area contributed by atoms with Crippen molar-refractivity contribution >= 4 is 11.9 Å². The molecule has 1 heterocycles. The highest BCUT2D eigenvalue weighted by molar-refractivity contribution is 5.89. The van der Waals surface area contributed by atoms with Gasteiger partial charge in [0.2, 0.25) is 0 Å². The molecule has 2 aromatic carbocycles. The minimum Gasteiger partial charge on any atom is -0.487 e. The monoisotopic (exact) mass is 401 g/mol. The number of carboxylic acids is 2. The lowest BCUT2D eigenvalue weighted by Gasteiger charge is -2.37. The Labute approximate surface area is 168 Å². The summed E-state index contributed by atoms with van der Waals surface area (Å²) in [6.07, 6.45) is 2.04. The molecule has 7 heteroatoms. The van der Waals surface area contributed by atoms with Gasteiger partial charge < -0.3 is 19.8 Å². The van der Waals surface area contributed by atoms with Crippen molar-refractivity contribution in [2.75, 3.05) is 20.1 Å². The van der Waals surface area contributed by atoms with Gasteiger partial charge in [0, 0.05) is 31.2 Å². The smallest absolute Gasteiger partial charge is 0.328 e. The lowest BCUT2D eigenvalue weighted by atomic mass is 9.88. The Kier molecular flexibility index (Phi) is 8.36. The molecule has 1 aliphatic heterocycles. The Morgan fingerprint density at radius 1 is 1.03 bits per heavy atom. The number of benzene rings is 2. The number of likely N-dealkylation sites (tertiary alicyclic amines) is 1. The molecule has 29 heavy (non-hydrogen) atoms. The molecule has 0 radical (unpaired) electrons. The first kappa shape index (κ1) is 22.1. The molecule has 2 N–H and O–H groups in total. The number of likely N-dealkylation sites (N-methyl/N-ethyl adjacent to an activating group) is 1. The number of piperidine rings is 1. The maximum absolute atomic E-state index is 13.8. The average molecular weight is 401 g/mol. The summed E-state index contributed by atoms with van der Waals surface area (Å²) in [4.78, 5) is 21.4. The summed E-state index contributed by atoms with van der Waals surface area (Å²) < 4.78 is 19.8. The van der Waals surface area contributed by atoms with Crippen LogP contribution in [0.25, 0.3) is 0 Å². The molecule has 0 aliphatic carbocycles. The molecule has 0 amide bonds. The third kappa shape index (κ3) is 7.38. The molecule has 0 spiro atoms. The lowest BCUT2D eigenvalue weighted by molar-refractivity contribution is -0.134. The second kappa shape index (κ2) is 11.0. The summed E-state index contributed by atoms with van der Waals surface area (Å²) in [7, 11) is 2.12. The highest BCUT2D eigenvalue weighted by atomic mass is 19.1. The number of carbonyl (C=O) groups is 2. The topological polar surface area (TPSA) is 87.1 Å². The molecule has 6 nitrogen and oxygen atoms in total. The highest BCUT2D eigenvalue weighted by Crippen LogP contribution is 2.31. The van der Waals surface area contributed by atoms with E-state index in [1.165, 1.54) is 11.6 Å². The van der Waals surface area contributed by atoms with E-state index in [-0.39, 0.29) is 17.8 Å². The predicted molar refractivity (Wildman–Crippen MR) is 107 cm³/mol. The van der Waals surface area contributed by atoms with Crippen LogP contribution in [0.5, 0.6) is 5.75 Å². The van der Waals surface area contributed by atoms with Gasteiger partial charge in [0.15, 0.2) is 11.6 Å². The lowest BCUT2D eigenvalue weighted by Crippen LogP contribution is -2.42. The van der Waals surface area contributed by atoms with Gasteiger partial charge in [-0.15, -0.1) is 0 Å². The molecule has 0 saturated carbocycles. The molecule has 0 aromatic heterocycles. The van der Waals surface area contributed by atoms with Crippen LogP contribution in [-0.4, -0.2) is 53.3 Å². The number of ether oxygens (including phenoxy) is 1. The molecule has 3 rings (SSSR count).